The molecule has 0 bridgehead atoms. The third-order valence-electron chi connectivity index (χ3n) is 1.14. The second-order valence-corrected chi connectivity index (χ2v) is 2.27. The lowest BCUT2D eigenvalue weighted by Gasteiger charge is -1.98. The third-order valence-corrected chi connectivity index (χ3v) is 1.14. The standard InChI is InChI=1S/C8H14O3/c1-3-11-8(10)5-4-7(2)6-9/h4-5,7,9H,3,6H2,1-2H3/b5-4+/t7-/m1/s1. The van der Waals surface area contributed by atoms with Gasteiger partial charge in [-0.05, 0) is 12.8 Å². The van der Waals surface area contributed by atoms with Crippen LogP contribution in [-0.4, -0.2) is 24.3 Å². The molecular weight excluding hydrogens is 144 g/mol. The molecule has 1 N–H and O–H groups in total. The van der Waals surface area contributed by atoms with E-state index < -0.39 is 0 Å². The van der Waals surface area contributed by atoms with Crippen LogP contribution in [0.1, 0.15) is 13.8 Å². The van der Waals surface area contributed by atoms with Crippen molar-refractivity contribution in [3.8, 4) is 0 Å². The minimum absolute atomic E-state index is 0.0133. The lowest BCUT2D eigenvalue weighted by Crippen LogP contribution is -2.01. The summed E-state index contributed by atoms with van der Waals surface area (Å²) < 4.78 is 4.63. The van der Waals surface area contributed by atoms with E-state index in [9.17, 15) is 4.79 Å². The van der Waals surface area contributed by atoms with Gasteiger partial charge in [0.1, 0.15) is 0 Å². The summed E-state index contributed by atoms with van der Waals surface area (Å²) in [6.07, 6.45) is 2.96. The zero-order valence-electron chi connectivity index (χ0n) is 6.91. The summed E-state index contributed by atoms with van der Waals surface area (Å²) in [5.74, 6) is -0.341. The van der Waals surface area contributed by atoms with Crippen LogP contribution in [-0.2, 0) is 9.53 Å². The average Bonchev–Trinajstić information content (AvgIpc) is 2.01. The predicted octanol–water partition coefficient (Wildman–Crippen LogP) is 0.734. The minimum atomic E-state index is -0.354. The fourth-order valence-electron chi connectivity index (χ4n) is 0.494. The molecule has 0 aromatic rings. The molecule has 0 amide bonds. The fraction of sp³-hybridized carbons (Fsp3) is 0.625. The number of hydrogen-bond acceptors (Lipinski definition) is 3. The minimum Gasteiger partial charge on any atom is -0.463 e. The number of carbonyl (C=O) groups is 1. The molecule has 0 radical (unpaired) electrons. The first kappa shape index (κ1) is 10.2. The molecule has 0 aliphatic carbocycles. The molecular formula is C8H14O3. The van der Waals surface area contributed by atoms with Crippen molar-refractivity contribution < 1.29 is 14.6 Å². The molecule has 0 rings (SSSR count). The summed E-state index contributed by atoms with van der Waals surface area (Å²) in [6, 6.07) is 0. The third kappa shape index (κ3) is 5.61. The molecule has 0 fully saturated rings. The lowest BCUT2D eigenvalue weighted by molar-refractivity contribution is -0.137. The van der Waals surface area contributed by atoms with Crippen LogP contribution < -0.4 is 0 Å². The lowest BCUT2D eigenvalue weighted by atomic mass is 10.2. The monoisotopic (exact) mass is 158 g/mol. The Kier molecular flexibility index (Phi) is 5.47. The number of ether oxygens (including phenoxy) is 1. The van der Waals surface area contributed by atoms with Crippen molar-refractivity contribution in [2.45, 2.75) is 13.8 Å². The number of hydrogen-bond donors (Lipinski definition) is 1. The molecule has 0 saturated heterocycles. The summed E-state index contributed by atoms with van der Waals surface area (Å²) in [5, 5.41) is 8.57. The van der Waals surface area contributed by atoms with Crippen LogP contribution in [0.5, 0.6) is 0 Å². The van der Waals surface area contributed by atoms with E-state index in [1.807, 2.05) is 6.92 Å². The SMILES string of the molecule is CCOC(=O)/C=C/[C@@H](C)CO. The Morgan fingerprint density at radius 2 is 2.36 bits per heavy atom. The van der Waals surface area contributed by atoms with Crippen molar-refractivity contribution >= 4 is 5.97 Å². The van der Waals surface area contributed by atoms with Gasteiger partial charge in [-0.15, -0.1) is 0 Å². The Morgan fingerprint density at radius 3 is 2.82 bits per heavy atom. The molecule has 0 saturated carbocycles. The van der Waals surface area contributed by atoms with Crippen molar-refractivity contribution in [3.63, 3.8) is 0 Å². The van der Waals surface area contributed by atoms with E-state index in [-0.39, 0.29) is 18.5 Å². The molecule has 3 heteroatoms. The average molecular weight is 158 g/mol. The van der Waals surface area contributed by atoms with Crippen molar-refractivity contribution in [2.75, 3.05) is 13.2 Å². The second kappa shape index (κ2) is 5.92. The zero-order valence-corrected chi connectivity index (χ0v) is 6.91. The highest BCUT2D eigenvalue weighted by molar-refractivity contribution is 5.81. The highest BCUT2D eigenvalue weighted by Crippen LogP contribution is 1.94. The molecule has 64 valence electrons. The van der Waals surface area contributed by atoms with E-state index in [1.165, 1.54) is 6.08 Å². The Morgan fingerprint density at radius 1 is 1.73 bits per heavy atom. The highest BCUT2D eigenvalue weighted by atomic mass is 16.5. The van der Waals surface area contributed by atoms with Gasteiger partial charge in [-0.25, -0.2) is 4.79 Å². The van der Waals surface area contributed by atoms with Gasteiger partial charge in [0.15, 0.2) is 0 Å². The van der Waals surface area contributed by atoms with Crippen molar-refractivity contribution in [1.82, 2.24) is 0 Å². The van der Waals surface area contributed by atoms with Gasteiger partial charge in [0.05, 0.1) is 6.61 Å². The zero-order chi connectivity index (χ0) is 8.69. The molecule has 0 aliphatic rings. The predicted molar refractivity (Wildman–Crippen MR) is 42.0 cm³/mol. The van der Waals surface area contributed by atoms with Gasteiger partial charge in [0, 0.05) is 12.7 Å². The normalized spacial score (nSPS) is 13.4. The smallest absolute Gasteiger partial charge is 0.330 e. The van der Waals surface area contributed by atoms with Crippen molar-refractivity contribution in [2.24, 2.45) is 5.92 Å². The Labute approximate surface area is 66.7 Å². The Bertz CT molecular complexity index is 140. The van der Waals surface area contributed by atoms with Crippen molar-refractivity contribution in [1.29, 1.82) is 0 Å². The van der Waals surface area contributed by atoms with Gasteiger partial charge in [-0.3, -0.25) is 0 Å². The summed E-state index contributed by atoms with van der Waals surface area (Å²) >= 11 is 0. The summed E-state index contributed by atoms with van der Waals surface area (Å²) in [7, 11) is 0. The van der Waals surface area contributed by atoms with E-state index in [2.05, 4.69) is 4.74 Å². The van der Waals surface area contributed by atoms with Gasteiger partial charge >= 0.3 is 5.97 Å². The van der Waals surface area contributed by atoms with Crippen molar-refractivity contribution in [3.05, 3.63) is 12.2 Å². The van der Waals surface area contributed by atoms with E-state index in [0.717, 1.165) is 0 Å². The van der Waals surface area contributed by atoms with Crippen LogP contribution in [0, 0.1) is 5.92 Å². The van der Waals surface area contributed by atoms with Crippen LogP contribution in [0.3, 0.4) is 0 Å². The van der Waals surface area contributed by atoms with E-state index in [4.69, 9.17) is 5.11 Å². The van der Waals surface area contributed by atoms with E-state index in [1.54, 1.807) is 13.0 Å². The highest BCUT2D eigenvalue weighted by Gasteiger charge is 1.96. The van der Waals surface area contributed by atoms with Crippen LogP contribution in [0.2, 0.25) is 0 Å². The fourth-order valence-corrected chi connectivity index (χ4v) is 0.494. The second-order valence-electron chi connectivity index (χ2n) is 2.27. The first-order valence-electron chi connectivity index (χ1n) is 3.66. The molecule has 0 aliphatic heterocycles. The number of rotatable bonds is 4. The van der Waals surface area contributed by atoms with Crippen LogP contribution in [0.15, 0.2) is 12.2 Å². The quantitative estimate of drug-likeness (QED) is 0.484. The molecule has 0 aromatic carbocycles. The number of aliphatic hydroxyl groups excluding tert-OH is 1. The number of aliphatic hydroxyl groups is 1. The van der Waals surface area contributed by atoms with Crippen LogP contribution in [0.4, 0.5) is 0 Å². The molecule has 11 heavy (non-hydrogen) atoms. The molecule has 0 spiro atoms. The molecule has 0 unspecified atom stereocenters. The van der Waals surface area contributed by atoms with E-state index in [0.29, 0.717) is 6.61 Å². The Balaban J connectivity index is 3.63. The first-order valence-corrected chi connectivity index (χ1v) is 3.66. The van der Waals surface area contributed by atoms with Gasteiger partial charge < -0.3 is 9.84 Å². The Hall–Kier alpha value is -0.830. The maximum atomic E-state index is 10.7. The molecule has 1 atom stereocenters. The summed E-state index contributed by atoms with van der Waals surface area (Å²) in [6.45, 7) is 4.00. The van der Waals surface area contributed by atoms with E-state index >= 15 is 0 Å². The summed E-state index contributed by atoms with van der Waals surface area (Å²) in [5.41, 5.74) is 0. The van der Waals surface area contributed by atoms with Gasteiger partial charge in [-0.2, -0.15) is 0 Å². The largest absolute Gasteiger partial charge is 0.463 e. The van der Waals surface area contributed by atoms with Gasteiger partial charge in [-0.1, -0.05) is 13.0 Å². The molecule has 0 aromatic heterocycles. The maximum Gasteiger partial charge on any atom is 0.330 e. The first-order chi connectivity index (χ1) is 5.20. The number of carbonyl (C=O) groups excluding carboxylic acids is 1. The van der Waals surface area contributed by atoms with Crippen LogP contribution in [0.25, 0.3) is 0 Å². The molecule has 3 nitrogen and oxygen atoms in total. The van der Waals surface area contributed by atoms with Crippen LogP contribution >= 0.6 is 0 Å². The maximum absolute atomic E-state index is 10.7. The molecule has 0 heterocycles. The number of esters is 1. The van der Waals surface area contributed by atoms with Gasteiger partial charge in [0.25, 0.3) is 0 Å². The topological polar surface area (TPSA) is 46.5 Å². The van der Waals surface area contributed by atoms with Gasteiger partial charge in [0.2, 0.25) is 0 Å². The summed E-state index contributed by atoms with van der Waals surface area (Å²) in [4.78, 5) is 10.7.